The van der Waals surface area contributed by atoms with Gasteiger partial charge < -0.3 is 14.2 Å². The lowest BCUT2D eigenvalue weighted by Crippen LogP contribution is -2.30. The standard InChI is InChI=1S/C67H112O6/c1-4-7-10-13-16-19-21-23-25-27-29-30-31-32-33-34-35-36-38-39-41-43-45-48-51-54-57-60-66(69)72-63-64(62-71-65(68)59-56-53-50-47-18-15-12-9-6-3)73-67(70)61-58-55-52-49-46-44-42-40-37-28-26-24-22-20-17-14-11-8-5-2/h7-8,10-11,16-17,19-20,23-26,29-30,32-33,37,40,64H,4-6,9,12-15,18,21-22,27-28,31,34-36,38-39,41-63H2,1-3H3/b10-7-,11-8-,19-16-,20-17-,25-23-,26-24-,30-29-,33-32-,40-37-. The Labute approximate surface area is 450 Å². The molecule has 0 aliphatic rings. The average molecular weight is 1010 g/mol. The molecular formula is C67H112O6. The van der Waals surface area contributed by atoms with Crippen LogP contribution in [0.5, 0.6) is 0 Å². The van der Waals surface area contributed by atoms with Gasteiger partial charge in [-0.2, -0.15) is 0 Å². The van der Waals surface area contributed by atoms with Crippen molar-refractivity contribution in [3.05, 3.63) is 109 Å². The largest absolute Gasteiger partial charge is 0.462 e. The summed E-state index contributed by atoms with van der Waals surface area (Å²) < 4.78 is 16.8. The maximum absolute atomic E-state index is 12.9. The number of esters is 3. The second kappa shape index (κ2) is 60.6. The first kappa shape index (κ1) is 69.1. The number of carbonyl (C=O) groups excluding carboxylic acids is 3. The van der Waals surface area contributed by atoms with E-state index in [4.69, 9.17) is 14.2 Å². The molecule has 416 valence electrons. The van der Waals surface area contributed by atoms with Crippen LogP contribution in [0.2, 0.25) is 0 Å². The predicted octanol–water partition coefficient (Wildman–Crippen LogP) is 20.7. The second-order valence-corrected chi connectivity index (χ2v) is 19.9. The van der Waals surface area contributed by atoms with E-state index in [1.54, 1.807) is 0 Å². The minimum atomic E-state index is -0.786. The molecule has 0 spiro atoms. The molecule has 1 atom stereocenters. The van der Waals surface area contributed by atoms with Crippen molar-refractivity contribution in [3.8, 4) is 0 Å². The van der Waals surface area contributed by atoms with Gasteiger partial charge in [0.1, 0.15) is 13.2 Å². The van der Waals surface area contributed by atoms with E-state index in [2.05, 4.69) is 130 Å². The molecule has 73 heavy (non-hydrogen) atoms. The monoisotopic (exact) mass is 1010 g/mol. The lowest BCUT2D eigenvalue weighted by Gasteiger charge is -2.18. The molecule has 0 radical (unpaired) electrons. The molecule has 0 fully saturated rings. The first-order valence-corrected chi connectivity index (χ1v) is 30.4. The van der Waals surface area contributed by atoms with Gasteiger partial charge in [-0.1, -0.05) is 265 Å². The first-order chi connectivity index (χ1) is 36.0. The van der Waals surface area contributed by atoms with Gasteiger partial charge in [-0.25, -0.2) is 0 Å². The van der Waals surface area contributed by atoms with Crippen molar-refractivity contribution in [1.29, 1.82) is 0 Å². The summed E-state index contributed by atoms with van der Waals surface area (Å²) in [6, 6.07) is 0. The molecule has 0 aliphatic carbocycles. The minimum absolute atomic E-state index is 0.0837. The molecule has 0 saturated heterocycles. The van der Waals surface area contributed by atoms with Crippen molar-refractivity contribution < 1.29 is 28.6 Å². The fourth-order valence-corrected chi connectivity index (χ4v) is 8.28. The van der Waals surface area contributed by atoms with Crippen LogP contribution in [0.4, 0.5) is 0 Å². The van der Waals surface area contributed by atoms with Gasteiger partial charge in [0, 0.05) is 19.3 Å². The fourth-order valence-electron chi connectivity index (χ4n) is 8.28. The van der Waals surface area contributed by atoms with Crippen LogP contribution >= 0.6 is 0 Å². The van der Waals surface area contributed by atoms with Gasteiger partial charge in [-0.05, 0) is 103 Å². The van der Waals surface area contributed by atoms with Crippen LogP contribution in [0.1, 0.15) is 278 Å². The molecule has 0 aromatic carbocycles. The van der Waals surface area contributed by atoms with Crippen molar-refractivity contribution in [2.24, 2.45) is 0 Å². The van der Waals surface area contributed by atoms with Crippen molar-refractivity contribution in [3.63, 3.8) is 0 Å². The molecule has 6 nitrogen and oxygen atoms in total. The molecule has 1 unspecified atom stereocenters. The molecule has 0 saturated carbocycles. The number of hydrogen-bond acceptors (Lipinski definition) is 6. The van der Waals surface area contributed by atoms with Gasteiger partial charge in [0.2, 0.25) is 0 Å². The van der Waals surface area contributed by atoms with Crippen LogP contribution in [0.15, 0.2) is 109 Å². The van der Waals surface area contributed by atoms with Crippen LogP contribution in [0, 0.1) is 0 Å². The van der Waals surface area contributed by atoms with Crippen LogP contribution in [-0.2, 0) is 28.6 Å². The number of rotatable bonds is 54. The zero-order valence-corrected chi connectivity index (χ0v) is 47.6. The number of allylic oxidation sites excluding steroid dienone is 18. The van der Waals surface area contributed by atoms with E-state index in [-0.39, 0.29) is 31.1 Å². The lowest BCUT2D eigenvalue weighted by molar-refractivity contribution is -0.167. The highest BCUT2D eigenvalue weighted by atomic mass is 16.6. The highest BCUT2D eigenvalue weighted by Gasteiger charge is 2.19. The summed E-state index contributed by atoms with van der Waals surface area (Å²) in [6.07, 6.45) is 82.4. The van der Waals surface area contributed by atoms with E-state index in [9.17, 15) is 14.4 Å². The lowest BCUT2D eigenvalue weighted by atomic mass is 10.0. The number of hydrogen-bond donors (Lipinski definition) is 0. The second-order valence-electron chi connectivity index (χ2n) is 19.9. The summed E-state index contributed by atoms with van der Waals surface area (Å²) in [7, 11) is 0. The average Bonchev–Trinajstić information content (AvgIpc) is 3.39. The zero-order chi connectivity index (χ0) is 52.9. The number of carbonyl (C=O) groups is 3. The number of ether oxygens (including phenoxy) is 3. The van der Waals surface area contributed by atoms with Gasteiger partial charge in [0.15, 0.2) is 6.10 Å². The van der Waals surface area contributed by atoms with Gasteiger partial charge in [-0.15, -0.1) is 0 Å². The highest BCUT2D eigenvalue weighted by Crippen LogP contribution is 2.15. The topological polar surface area (TPSA) is 78.9 Å². The van der Waals surface area contributed by atoms with Crippen LogP contribution in [0.3, 0.4) is 0 Å². The SMILES string of the molecule is CC/C=C\C/C=C\C/C=C\C/C=C\C/C=C\CCCCCCCCCCCCCC(=O)OCC(COC(=O)CCCCCCCCCCC)OC(=O)CCCCCCCC/C=C\C/C=C\C/C=C\C/C=C\CC. The van der Waals surface area contributed by atoms with E-state index < -0.39 is 6.10 Å². The van der Waals surface area contributed by atoms with Crippen molar-refractivity contribution >= 4 is 17.9 Å². The molecule has 0 aromatic heterocycles. The summed E-state index contributed by atoms with van der Waals surface area (Å²) in [5.41, 5.74) is 0. The molecule has 6 heteroatoms. The van der Waals surface area contributed by atoms with E-state index in [0.717, 1.165) is 128 Å². The van der Waals surface area contributed by atoms with Gasteiger partial charge >= 0.3 is 17.9 Å². The summed E-state index contributed by atoms with van der Waals surface area (Å²) in [6.45, 7) is 6.39. The van der Waals surface area contributed by atoms with Gasteiger partial charge in [0.25, 0.3) is 0 Å². The maximum atomic E-state index is 12.9. The Morgan fingerprint density at radius 2 is 0.534 bits per heavy atom. The van der Waals surface area contributed by atoms with Crippen molar-refractivity contribution in [2.45, 2.75) is 284 Å². The molecule has 0 N–H and O–H groups in total. The Balaban J connectivity index is 4.25. The van der Waals surface area contributed by atoms with Gasteiger partial charge in [-0.3, -0.25) is 14.4 Å². The molecule has 0 heterocycles. The molecule has 0 aliphatic heterocycles. The molecule has 0 rings (SSSR count). The third kappa shape index (κ3) is 58.8. The van der Waals surface area contributed by atoms with Crippen LogP contribution in [-0.4, -0.2) is 37.2 Å². The summed E-state index contributed by atoms with van der Waals surface area (Å²) in [4.78, 5) is 38.1. The minimum Gasteiger partial charge on any atom is -0.462 e. The van der Waals surface area contributed by atoms with E-state index in [1.807, 2.05) is 0 Å². The normalized spacial score (nSPS) is 12.9. The van der Waals surface area contributed by atoms with E-state index >= 15 is 0 Å². The molecule has 0 amide bonds. The Morgan fingerprint density at radius 1 is 0.288 bits per heavy atom. The van der Waals surface area contributed by atoms with E-state index in [1.165, 1.54) is 109 Å². The van der Waals surface area contributed by atoms with Gasteiger partial charge in [0.05, 0.1) is 0 Å². The molecular weight excluding hydrogens is 901 g/mol. The summed E-state index contributed by atoms with van der Waals surface area (Å²) >= 11 is 0. The van der Waals surface area contributed by atoms with Crippen molar-refractivity contribution in [1.82, 2.24) is 0 Å². The Hall–Kier alpha value is -3.93. The third-order valence-corrected chi connectivity index (χ3v) is 12.8. The molecule has 0 bridgehead atoms. The van der Waals surface area contributed by atoms with E-state index in [0.29, 0.717) is 19.3 Å². The predicted molar refractivity (Wildman–Crippen MR) is 316 cm³/mol. The Bertz CT molecular complexity index is 1490. The Morgan fingerprint density at radius 3 is 0.836 bits per heavy atom. The maximum Gasteiger partial charge on any atom is 0.306 e. The Kier molecular flexibility index (Phi) is 57.4. The summed E-state index contributed by atoms with van der Waals surface area (Å²) in [5.74, 6) is -0.900. The first-order valence-electron chi connectivity index (χ1n) is 30.4. The summed E-state index contributed by atoms with van der Waals surface area (Å²) in [5, 5.41) is 0. The molecule has 0 aromatic rings. The third-order valence-electron chi connectivity index (χ3n) is 12.8. The van der Waals surface area contributed by atoms with Crippen LogP contribution in [0.25, 0.3) is 0 Å². The smallest absolute Gasteiger partial charge is 0.306 e. The number of unbranched alkanes of at least 4 members (excludes halogenated alkanes) is 25. The quantitative estimate of drug-likeness (QED) is 0.0261. The highest BCUT2D eigenvalue weighted by molar-refractivity contribution is 5.71. The van der Waals surface area contributed by atoms with Crippen molar-refractivity contribution in [2.75, 3.05) is 13.2 Å². The fraction of sp³-hybridized carbons (Fsp3) is 0.687. The zero-order valence-electron chi connectivity index (χ0n) is 47.6. The van der Waals surface area contributed by atoms with Crippen LogP contribution < -0.4 is 0 Å².